The van der Waals surface area contributed by atoms with Gasteiger partial charge in [0.05, 0.1) is 12.2 Å². The van der Waals surface area contributed by atoms with Crippen molar-refractivity contribution < 1.29 is 19.1 Å². The van der Waals surface area contributed by atoms with Crippen molar-refractivity contribution in [2.45, 2.75) is 6.42 Å². The Morgan fingerprint density at radius 1 is 1.14 bits per heavy atom. The summed E-state index contributed by atoms with van der Waals surface area (Å²) in [5.41, 5.74) is 1.75. The zero-order valence-electron chi connectivity index (χ0n) is 16.6. The zero-order chi connectivity index (χ0) is 20.9. The van der Waals surface area contributed by atoms with Crippen molar-refractivity contribution in [3.63, 3.8) is 0 Å². The molecule has 0 heterocycles. The number of hydrogen-bond donors (Lipinski definition) is 3. The molecule has 29 heavy (non-hydrogen) atoms. The van der Waals surface area contributed by atoms with Crippen LogP contribution in [-0.4, -0.2) is 45.2 Å². The molecule has 2 amide bonds. The quantitative estimate of drug-likeness (QED) is 0.378. The lowest BCUT2D eigenvalue weighted by Crippen LogP contribution is -2.25. The Bertz CT molecular complexity index is 823. The molecule has 0 aromatic heterocycles. The smallest absolute Gasteiger partial charge is 0.251 e. The summed E-state index contributed by atoms with van der Waals surface area (Å²) < 4.78 is 10.5. The van der Waals surface area contributed by atoms with E-state index in [-0.39, 0.29) is 18.4 Å². The fourth-order valence-electron chi connectivity index (χ4n) is 2.53. The molecule has 0 spiro atoms. The van der Waals surface area contributed by atoms with E-state index in [1.54, 1.807) is 37.5 Å². The molecule has 0 aliphatic rings. The summed E-state index contributed by atoms with van der Waals surface area (Å²) >= 11 is 0. The van der Waals surface area contributed by atoms with Crippen LogP contribution in [0.5, 0.6) is 5.75 Å². The molecule has 0 saturated carbocycles. The van der Waals surface area contributed by atoms with Crippen molar-refractivity contribution in [1.29, 1.82) is 0 Å². The Labute approximate surface area is 171 Å². The standard InChI is InChI=1S/C22H27N3O4/c1-3-13-29-20-11-5-4-10-19(20)24-16-21(26)25-18-9-6-8-17(15-18)22(27)23-12-7-14-28-2/h3-6,8-11,15,24H,1,7,12-14,16H2,2H3,(H,23,27)(H,25,26). The monoisotopic (exact) mass is 397 g/mol. The van der Waals surface area contributed by atoms with E-state index in [1.165, 1.54) is 0 Å². The van der Waals surface area contributed by atoms with Crippen LogP contribution >= 0.6 is 0 Å². The molecule has 154 valence electrons. The van der Waals surface area contributed by atoms with Crippen LogP contribution in [0.15, 0.2) is 61.2 Å². The van der Waals surface area contributed by atoms with Gasteiger partial charge < -0.3 is 25.4 Å². The molecule has 0 fully saturated rings. The average molecular weight is 397 g/mol. The highest BCUT2D eigenvalue weighted by Gasteiger charge is 2.09. The number of benzene rings is 2. The second kappa shape index (κ2) is 12.2. The van der Waals surface area contributed by atoms with Gasteiger partial charge in [0.25, 0.3) is 5.91 Å². The maximum atomic E-state index is 12.3. The molecule has 2 rings (SSSR count). The predicted molar refractivity (Wildman–Crippen MR) is 115 cm³/mol. The van der Waals surface area contributed by atoms with Crippen LogP contribution in [-0.2, 0) is 9.53 Å². The number of ether oxygens (including phenoxy) is 2. The first-order valence-electron chi connectivity index (χ1n) is 9.37. The molecular formula is C22H27N3O4. The third-order valence-corrected chi connectivity index (χ3v) is 3.90. The zero-order valence-corrected chi connectivity index (χ0v) is 16.6. The van der Waals surface area contributed by atoms with Crippen LogP contribution in [0.3, 0.4) is 0 Å². The summed E-state index contributed by atoms with van der Waals surface area (Å²) in [4.78, 5) is 24.5. The van der Waals surface area contributed by atoms with Gasteiger partial charge in [0.2, 0.25) is 5.91 Å². The molecular weight excluding hydrogens is 370 g/mol. The number of carbonyl (C=O) groups excluding carboxylic acids is 2. The maximum Gasteiger partial charge on any atom is 0.251 e. The van der Waals surface area contributed by atoms with Crippen LogP contribution in [0.4, 0.5) is 11.4 Å². The van der Waals surface area contributed by atoms with Crippen molar-refractivity contribution in [3.8, 4) is 5.75 Å². The first-order valence-corrected chi connectivity index (χ1v) is 9.37. The first-order chi connectivity index (χ1) is 14.1. The van der Waals surface area contributed by atoms with Crippen LogP contribution in [0.25, 0.3) is 0 Å². The topological polar surface area (TPSA) is 88.7 Å². The second-order valence-corrected chi connectivity index (χ2v) is 6.18. The first kappa shape index (κ1) is 22.0. The van der Waals surface area contributed by atoms with E-state index >= 15 is 0 Å². The molecule has 0 saturated heterocycles. The summed E-state index contributed by atoms with van der Waals surface area (Å²) in [5.74, 6) is 0.220. The van der Waals surface area contributed by atoms with Gasteiger partial charge in [0.15, 0.2) is 0 Å². The predicted octanol–water partition coefficient (Wildman–Crippen LogP) is 3.07. The summed E-state index contributed by atoms with van der Waals surface area (Å²) in [6.07, 6.45) is 2.40. The van der Waals surface area contributed by atoms with Gasteiger partial charge in [-0.2, -0.15) is 0 Å². The Morgan fingerprint density at radius 3 is 2.76 bits per heavy atom. The normalized spacial score (nSPS) is 10.1. The number of para-hydroxylation sites is 2. The molecule has 0 atom stereocenters. The lowest BCUT2D eigenvalue weighted by atomic mass is 10.2. The molecule has 7 nitrogen and oxygen atoms in total. The van der Waals surface area contributed by atoms with E-state index in [2.05, 4.69) is 22.5 Å². The highest BCUT2D eigenvalue weighted by molar-refractivity contribution is 5.98. The number of anilines is 2. The Morgan fingerprint density at radius 2 is 1.97 bits per heavy atom. The van der Waals surface area contributed by atoms with Gasteiger partial charge in [-0.15, -0.1) is 0 Å². The van der Waals surface area contributed by atoms with E-state index in [9.17, 15) is 9.59 Å². The molecule has 7 heteroatoms. The van der Waals surface area contributed by atoms with E-state index in [0.29, 0.717) is 42.4 Å². The van der Waals surface area contributed by atoms with Gasteiger partial charge in [-0.3, -0.25) is 9.59 Å². The third kappa shape index (κ3) is 7.67. The minimum atomic E-state index is -0.235. The summed E-state index contributed by atoms with van der Waals surface area (Å²) in [5, 5.41) is 8.66. The van der Waals surface area contributed by atoms with E-state index < -0.39 is 0 Å². The lowest BCUT2D eigenvalue weighted by molar-refractivity contribution is -0.114. The molecule has 0 unspecified atom stereocenters. The van der Waals surface area contributed by atoms with Gasteiger partial charge in [-0.25, -0.2) is 0 Å². The maximum absolute atomic E-state index is 12.3. The molecule has 3 N–H and O–H groups in total. The van der Waals surface area contributed by atoms with Crippen molar-refractivity contribution in [2.75, 3.05) is 44.0 Å². The van der Waals surface area contributed by atoms with Crippen LogP contribution < -0.4 is 20.7 Å². The van der Waals surface area contributed by atoms with Crippen molar-refractivity contribution >= 4 is 23.2 Å². The number of nitrogens with one attached hydrogen (secondary N) is 3. The fourth-order valence-corrected chi connectivity index (χ4v) is 2.53. The molecule has 2 aromatic carbocycles. The summed E-state index contributed by atoms with van der Waals surface area (Å²) in [7, 11) is 1.62. The fraction of sp³-hybridized carbons (Fsp3) is 0.273. The molecule has 2 aromatic rings. The van der Waals surface area contributed by atoms with Crippen molar-refractivity contribution in [2.24, 2.45) is 0 Å². The van der Waals surface area contributed by atoms with E-state index in [1.807, 2.05) is 24.3 Å². The average Bonchev–Trinajstić information content (AvgIpc) is 2.74. The van der Waals surface area contributed by atoms with Gasteiger partial charge in [-0.05, 0) is 36.8 Å². The number of hydrogen-bond acceptors (Lipinski definition) is 5. The largest absolute Gasteiger partial charge is 0.487 e. The number of amides is 2. The molecule has 0 aliphatic carbocycles. The molecule has 0 radical (unpaired) electrons. The SMILES string of the molecule is C=CCOc1ccccc1NCC(=O)Nc1cccc(C(=O)NCCCOC)c1. The van der Waals surface area contributed by atoms with Crippen molar-refractivity contribution in [1.82, 2.24) is 5.32 Å². The lowest BCUT2D eigenvalue weighted by Gasteiger charge is -2.12. The van der Waals surface area contributed by atoms with Crippen molar-refractivity contribution in [3.05, 3.63) is 66.7 Å². The minimum absolute atomic E-state index is 0.0574. The van der Waals surface area contributed by atoms with E-state index in [0.717, 1.165) is 6.42 Å². The van der Waals surface area contributed by atoms with Crippen LogP contribution in [0.2, 0.25) is 0 Å². The summed E-state index contributed by atoms with van der Waals surface area (Å²) in [6.45, 7) is 5.18. The molecule has 0 bridgehead atoms. The number of rotatable bonds is 12. The van der Waals surface area contributed by atoms with Gasteiger partial charge in [0.1, 0.15) is 12.4 Å². The summed E-state index contributed by atoms with van der Waals surface area (Å²) in [6, 6.07) is 14.2. The Kier molecular flexibility index (Phi) is 9.24. The highest BCUT2D eigenvalue weighted by Crippen LogP contribution is 2.23. The van der Waals surface area contributed by atoms with Gasteiger partial charge >= 0.3 is 0 Å². The second-order valence-electron chi connectivity index (χ2n) is 6.18. The van der Waals surface area contributed by atoms with Gasteiger partial charge in [0, 0.05) is 31.5 Å². The Balaban J connectivity index is 1.88. The van der Waals surface area contributed by atoms with Gasteiger partial charge in [-0.1, -0.05) is 30.9 Å². The van der Waals surface area contributed by atoms with E-state index in [4.69, 9.17) is 9.47 Å². The number of carbonyl (C=O) groups is 2. The Hall–Kier alpha value is -3.32. The van der Waals surface area contributed by atoms with Crippen LogP contribution in [0.1, 0.15) is 16.8 Å². The van der Waals surface area contributed by atoms with Crippen LogP contribution in [0, 0.1) is 0 Å². The molecule has 0 aliphatic heterocycles. The highest BCUT2D eigenvalue weighted by atomic mass is 16.5. The minimum Gasteiger partial charge on any atom is -0.487 e. The third-order valence-electron chi connectivity index (χ3n) is 3.90. The number of methoxy groups -OCH3 is 1.